The summed E-state index contributed by atoms with van der Waals surface area (Å²) in [7, 11) is 0. The van der Waals surface area contributed by atoms with E-state index in [-0.39, 0.29) is 0 Å². The van der Waals surface area contributed by atoms with Crippen LogP contribution in [0.15, 0.2) is 23.4 Å². The maximum Gasteiger partial charge on any atom is 0.0992 e. The van der Waals surface area contributed by atoms with Crippen molar-refractivity contribution in [1.82, 2.24) is 4.98 Å². The van der Waals surface area contributed by atoms with Gasteiger partial charge in [0.2, 0.25) is 0 Å². The molecule has 1 rings (SSSR count). The maximum atomic E-state index is 5.52. The highest BCUT2D eigenvalue weighted by molar-refractivity contribution is 7.99. The van der Waals surface area contributed by atoms with Gasteiger partial charge in [-0.15, -0.1) is 11.8 Å². The van der Waals surface area contributed by atoms with E-state index in [0.717, 1.165) is 17.2 Å². The van der Waals surface area contributed by atoms with Gasteiger partial charge in [-0.3, -0.25) is 0 Å². The molecule has 0 fully saturated rings. The van der Waals surface area contributed by atoms with Crippen molar-refractivity contribution in [2.45, 2.75) is 24.8 Å². The topological polar surface area (TPSA) is 38.9 Å². The summed E-state index contributed by atoms with van der Waals surface area (Å²) in [4.78, 5) is 4.34. The highest BCUT2D eigenvalue weighted by Crippen LogP contribution is 2.20. The number of hydrogen-bond donors (Lipinski definition) is 1. The van der Waals surface area contributed by atoms with Gasteiger partial charge >= 0.3 is 0 Å². The Kier molecular flexibility index (Phi) is 4.86. The van der Waals surface area contributed by atoms with Gasteiger partial charge in [0.15, 0.2) is 0 Å². The van der Waals surface area contributed by atoms with Crippen LogP contribution in [0, 0.1) is 0 Å². The zero-order valence-electron chi connectivity index (χ0n) is 7.99. The Bertz CT molecular complexity index is 250. The summed E-state index contributed by atoms with van der Waals surface area (Å²) < 4.78 is 0. The molecule has 0 aliphatic carbocycles. The second-order valence-electron chi connectivity index (χ2n) is 2.85. The number of nitrogens with two attached hydrogens (primary N) is 1. The Morgan fingerprint density at radius 3 is 3.08 bits per heavy atom. The van der Waals surface area contributed by atoms with E-state index < -0.39 is 0 Å². The average molecular weight is 196 g/mol. The van der Waals surface area contributed by atoms with E-state index in [1.165, 1.54) is 12.0 Å². The highest BCUT2D eigenvalue weighted by Gasteiger charge is 2.01. The van der Waals surface area contributed by atoms with Crippen molar-refractivity contribution < 1.29 is 0 Å². The monoisotopic (exact) mass is 196 g/mol. The normalized spacial score (nSPS) is 10.3. The predicted octanol–water partition coefficient (Wildman–Crippen LogP) is 2.08. The number of rotatable bonds is 5. The quantitative estimate of drug-likeness (QED) is 0.733. The summed E-state index contributed by atoms with van der Waals surface area (Å²) in [5, 5.41) is 1.15. The largest absolute Gasteiger partial charge is 0.330 e. The molecule has 1 aromatic rings. The molecule has 1 aromatic heterocycles. The first-order valence-electron chi connectivity index (χ1n) is 4.65. The molecule has 0 spiro atoms. The van der Waals surface area contributed by atoms with Gasteiger partial charge in [-0.25, -0.2) is 4.98 Å². The first kappa shape index (κ1) is 10.5. The lowest BCUT2D eigenvalue weighted by Gasteiger charge is -2.05. The predicted molar refractivity (Wildman–Crippen MR) is 58.0 cm³/mol. The Morgan fingerprint density at radius 1 is 1.54 bits per heavy atom. The Balaban J connectivity index is 2.66. The van der Waals surface area contributed by atoms with Gasteiger partial charge < -0.3 is 5.73 Å². The molecule has 0 unspecified atom stereocenters. The smallest absolute Gasteiger partial charge is 0.0992 e. The molecule has 0 saturated heterocycles. The third-order valence-corrected chi connectivity index (χ3v) is 2.96. The molecule has 0 atom stereocenters. The van der Waals surface area contributed by atoms with Gasteiger partial charge in [0.1, 0.15) is 0 Å². The van der Waals surface area contributed by atoms with E-state index in [9.17, 15) is 0 Å². The molecular weight excluding hydrogens is 180 g/mol. The molecule has 1 heterocycles. The molecule has 0 bridgehead atoms. The lowest BCUT2D eigenvalue weighted by molar-refractivity contribution is 0.910. The molecule has 0 saturated carbocycles. The van der Waals surface area contributed by atoms with Crippen LogP contribution < -0.4 is 5.73 Å². The maximum absolute atomic E-state index is 5.52. The fourth-order valence-electron chi connectivity index (χ4n) is 1.10. The SMILES string of the molecule is CCCSc1ncccc1CCN. The van der Waals surface area contributed by atoms with Crippen LogP contribution in [0.2, 0.25) is 0 Å². The molecule has 13 heavy (non-hydrogen) atoms. The minimum Gasteiger partial charge on any atom is -0.330 e. The summed E-state index contributed by atoms with van der Waals surface area (Å²) in [5.74, 6) is 1.13. The van der Waals surface area contributed by atoms with Crippen LogP contribution in [0.4, 0.5) is 0 Å². The summed E-state index contributed by atoms with van der Waals surface area (Å²) in [5.41, 5.74) is 6.80. The van der Waals surface area contributed by atoms with E-state index in [4.69, 9.17) is 5.73 Å². The zero-order chi connectivity index (χ0) is 9.52. The molecule has 3 heteroatoms. The van der Waals surface area contributed by atoms with Crippen molar-refractivity contribution in [1.29, 1.82) is 0 Å². The molecule has 72 valence electrons. The first-order chi connectivity index (χ1) is 6.38. The Labute approximate surface area is 83.9 Å². The molecule has 0 aliphatic heterocycles. The van der Waals surface area contributed by atoms with Gasteiger partial charge in [0.25, 0.3) is 0 Å². The summed E-state index contributed by atoms with van der Waals surface area (Å²) in [6, 6.07) is 4.08. The number of pyridine rings is 1. The second-order valence-corrected chi connectivity index (χ2v) is 3.94. The summed E-state index contributed by atoms with van der Waals surface area (Å²) >= 11 is 1.82. The molecular formula is C10H16N2S. The van der Waals surface area contributed by atoms with Crippen molar-refractivity contribution in [3.8, 4) is 0 Å². The van der Waals surface area contributed by atoms with Gasteiger partial charge in [0, 0.05) is 6.20 Å². The minimum absolute atomic E-state index is 0.700. The molecule has 0 aliphatic rings. The van der Waals surface area contributed by atoms with Crippen molar-refractivity contribution in [2.75, 3.05) is 12.3 Å². The fraction of sp³-hybridized carbons (Fsp3) is 0.500. The van der Waals surface area contributed by atoms with Crippen molar-refractivity contribution in [3.05, 3.63) is 23.9 Å². The number of thioether (sulfide) groups is 1. The van der Waals surface area contributed by atoms with Crippen LogP contribution in [0.25, 0.3) is 0 Å². The summed E-state index contributed by atoms with van der Waals surface area (Å²) in [6.07, 6.45) is 3.96. The number of nitrogens with zero attached hydrogens (tertiary/aromatic N) is 1. The van der Waals surface area contributed by atoms with Crippen LogP contribution in [0.3, 0.4) is 0 Å². The van der Waals surface area contributed by atoms with E-state index in [2.05, 4.69) is 18.0 Å². The Morgan fingerprint density at radius 2 is 2.38 bits per heavy atom. The van der Waals surface area contributed by atoms with Crippen LogP contribution in [0.1, 0.15) is 18.9 Å². The van der Waals surface area contributed by atoms with Gasteiger partial charge in [0.05, 0.1) is 5.03 Å². The molecule has 2 nitrogen and oxygen atoms in total. The zero-order valence-corrected chi connectivity index (χ0v) is 8.81. The van der Waals surface area contributed by atoms with Gasteiger partial charge in [-0.2, -0.15) is 0 Å². The highest BCUT2D eigenvalue weighted by atomic mass is 32.2. The average Bonchev–Trinajstić information content (AvgIpc) is 2.17. The van der Waals surface area contributed by atoms with E-state index in [0.29, 0.717) is 6.54 Å². The molecule has 0 amide bonds. The van der Waals surface area contributed by atoms with Crippen LogP contribution >= 0.6 is 11.8 Å². The second kappa shape index (κ2) is 6.00. The van der Waals surface area contributed by atoms with Crippen molar-refractivity contribution in [3.63, 3.8) is 0 Å². The van der Waals surface area contributed by atoms with Gasteiger partial charge in [-0.1, -0.05) is 13.0 Å². The van der Waals surface area contributed by atoms with Gasteiger partial charge in [-0.05, 0) is 36.8 Å². The van der Waals surface area contributed by atoms with Crippen LogP contribution in [-0.4, -0.2) is 17.3 Å². The molecule has 0 radical (unpaired) electrons. The lowest BCUT2D eigenvalue weighted by atomic mass is 10.2. The minimum atomic E-state index is 0.700. The van der Waals surface area contributed by atoms with Crippen LogP contribution in [-0.2, 0) is 6.42 Å². The van der Waals surface area contributed by atoms with E-state index in [1.807, 2.05) is 24.0 Å². The number of aromatic nitrogens is 1. The Hall–Kier alpha value is -0.540. The van der Waals surface area contributed by atoms with E-state index >= 15 is 0 Å². The van der Waals surface area contributed by atoms with Crippen molar-refractivity contribution >= 4 is 11.8 Å². The summed E-state index contributed by atoms with van der Waals surface area (Å²) in [6.45, 7) is 2.88. The third-order valence-electron chi connectivity index (χ3n) is 1.71. The van der Waals surface area contributed by atoms with E-state index in [1.54, 1.807) is 0 Å². The lowest BCUT2D eigenvalue weighted by Crippen LogP contribution is -2.04. The first-order valence-corrected chi connectivity index (χ1v) is 5.63. The fourth-order valence-corrected chi connectivity index (χ4v) is 1.99. The molecule has 2 N–H and O–H groups in total. The van der Waals surface area contributed by atoms with Crippen LogP contribution in [0.5, 0.6) is 0 Å². The standard InChI is InChI=1S/C10H16N2S/c1-2-8-13-10-9(5-6-11)4-3-7-12-10/h3-4,7H,2,5-6,8,11H2,1H3. The van der Waals surface area contributed by atoms with Crippen molar-refractivity contribution in [2.24, 2.45) is 5.73 Å². The molecule has 0 aromatic carbocycles. The number of hydrogen-bond acceptors (Lipinski definition) is 3. The third kappa shape index (κ3) is 3.36.